The number of piperidine rings is 1. The van der Waals surface area contributed by atoms with Gasteiger partial charge in [0.25, 0.3) is 0 Å². The van der Waals surface area contributed by atoms with Crippen LogP contribution in [-0.4, -0.2) is 75.2 Å². The molecule has 1 atom stereocenters. The van der Waals surface area contributed by atoms with Gasteiger partial charge in [-0.05, 0) is 37.8 Å². The van der Waals surface area contributed by atoms with E-state index in [2.05, 4.69) is 48.1 Å². The van der Waals surface area contributed by atoms with Crippen LogP contribution in [0.1, 0.15) is 43.4 Å². The second kappa shape index (κ2) is 10.2. The van der Waals surface area contributed by atoms with Gasteiger partial charge in [0, 0.05) is 51.2 Å². The molecule has 1 unspecified atom stereocenters. The third-order valence-electron chi connectivity index (χ3n) is 7.47. The molecule has 1 aliphatic carbocycles. The van der Waals surface area contributed by atoms with Crippen molar-refractivity contribution in [3.8, 4) is 12.1 Å². The number of carbonyl (C=O) groups excluding carboxylic acids is 1. The number of halogens is 1. The first-order valence-corrected chi connectivity index (χ1v) is 13.5. The Kier molecular flexibility index (Phi) is 6.59. The molecule has 1 saturated carbocycles. The number of benzene rings is 1. The van der Waals surface area contributed by atoms with Crippen LogP contribution >= 0.6 is 11.6 Å². The van der Waals surface area contributed by atoms with E-state index in [1.165, 1.54) is 10.7 Å². The Morgan fingerprint density at radius 2 is 1.87 bits per heavy atom. The third-order valence-corrected chi connectivity index (χ3v) is 7.87. The molecule has 2 saturated heterocycles. The number of anilines is 4. The highest BCUT2D eigenvalue weighted by Gasteiger charge is 2.30. The zero-order valence-corrected chi connectivity index (χ0v) is 22.2. The molecule has 2 aromatic heterocycles. The number of rotatable bonds is 7. The molecule has 6 rings (SSSR count). The SMILES string of the molecule is CN1CC(NC2CCN(c3cc(C#N)cc(Nc4nc(NC5CC5)c5ncc(C#N)n5n4)c3Cl)CC2)CC1=O. The molecular weight excluding hydrogens is 518 g/mol. The summed E-state index contributed by atoms with van der Waals surface area (Å²) < 4.78 is 1.45. The van der Waals surface area contributed by atoms with Crippen molar-refractivity contribution in [2.45, 2.75) is 50.2 Å². The van der Waals surface area contributed by atoms with Gasteiger partial charge >= 0.3 is 0 Å². The van der Waals surface area contributed by atoms with Crippen LogP contribution in [0.5, 0.6) is 0 Å². The summed E-state index contributed by atoms with van der Waals surface area (Å²) in [7, 11) is 1.84. The lowest BCUT2D eigenvalue weighted by Gasteiger charge is -2.36. The molecule has 1 aromatic carbocycles. The highest BCUT2D eigenvalue weighted by molar-refractivity contribution is 6.36. The van der Waals surface area contributed by atoms with Crippen molar-refractivity contribution in [2.24, 2.45) is 0 Å². The second-order valence-electron chi connectivity index (χ2n) is 10.4. The predicted octanol–water partition coefficient (Wildman–Crippen LogP) is 2.63. The molecule has 3 aromatic rings. The number of hydrogen-bond donors (Lipinski definition) is 3. The van der Waals surface area contributed by atoms with Crippen LogP contribution in [0.15, 0.2) is 18.3 Å². The number of imidazole rings is 1. The molecule has 1 amide bonds. The van der Waals surface area contributed by atoms with Gasteiger partial charge < -0.3 is 25.8 Å². The highest BCUT2D eigenvalue weighted by Crippen LogP contribution is 2.37. The molecule has 2 aliphatic heterocycles. The fourth-order valence-corrected chi connectivity index (χ4v) is 5.52. The van der Waals surface area contributed by atoms with E-state index in [1.807, 2.05) is 7.05 Å². The first kappa shape index (κ1) is 25.2. The monoisotopic (exact) mass is 545 g/mol. The van der Waals surface area contributed by atoms with Crippen LogP contribution in [0.3, 0.4) is 0 Å². The predicted molar refractivity (Wildman–Crippen MR) is 146 cm³/mol. The summed E-state index contributed by atoms with van der Waals surface area (Å²) in [6.45, 7) is 2.27. The number of hydrogen-bond acceptors (Lipinski definition) is 10. The van der Waals surface area contributed by atoms with Gasteiger partial charge in [-0.1, -0.05) is 11.6 Å². The van der Waals surface area contributed by atoms with Gasteiger partial charge in [0.15, 0.2) is 17.2 Å². The molecular formula is C26H28ClN11O. The minimum absolute atomic E-state index is 0.181. The molecule has 4 heterocycles. The van der Waals surface area contributed by atoms with Crippen molar-refractivity contribution in [3.05, 3.63) is 34.6 Å². The van der Waals surface area contributed by atoms with E-state index < -0.39 is 0 Å². The quantitative estimate of drug-likeness (QED) is 0.404. The summed E-state index contributed by atoms with van der Waals surface area (Å²) in [5.41, 5.74) is 2.50. The van der Waals surface area contributed by atoms with E-state index in [9.17, 15) is 15.3 Å². The van der Waals surface area contributed by atoms with Crippen molar-refractivity contribution in [3.63, 3.8) is 0 Å². The molecule has 3 N–H and O–H groups in total. The summed E-state index contributed by atoms with van der Waals surface area (Å²) in [4.78, 5) is 24.8. The largest absolute Gasteiger partial charge is 0.370 e. The van der Waals surface area contributed by atoms with Crippen LogP contribution in [0.4, 0.5) is 23.1 Å². The fourth-order valence-electron chi connectivity index (χ4n) is 5.24. The van der Waals surface area contributed by atoms with Crippen LogP contribution < -0.4 is 20.9 Å². The molecule has 12 nitrogen and oxygen atoms in total. The molecule has 3 aliphatic rings. The van der Waals surface area contributed by atoms with Crippen LogP contribution in [-0.2, 0) is 4.79 Å². The van der Waals surface area contributed by atoms with Gasteiger partial charge in [-0.25, -0.2) is 4.98 Å². The van der Waals surface area contributed by atoms with Gasteiger partial charge in [0.1, 0.15) is 6.07 Å². The van der Waals surface area contributed by atoms with Crippen molar-refractivity contribution >= 4 is 46.3 Å². The number of nitriles is 2. The molecule has 0 bridgehead atoms. The van der Waals surface area contributed by atoms with Gasteiger partial charge in [-0.15, -0.1) is 5.10 Å². The minimum atomic E-state index is 0.181. The number of likely N-dealkylation sites (N-methyl/N-ethyl adjacent to an activating group) is 1. The van der Waals surface area contributed by atoms with E-state index in [4.69, 9.17) is 11.6 Å². The van der Waals surface area contributed by atoms with E-state index in [0.717, 1.165) is 51.0 Å². The number of aromatic nitrogens is 4. The Labute approximate surface area is 230 Å². The maximum Gasteiger partial charge on any atom is 0.247 e. The zero-order valence-electron chi connectivity index (χ0n) is 21.5. The molecule has 39 heavy (non-hydrogen) atoms. The molecule has 13 heteroatoms. The molecule has 0 spiro atoms. The lowest BCUT2D eigenvalue weighted by Crippen LogP contribution is -2.47. The number of nitrogens with zero attached hydrogens (tertiary/aromatic N) is 8. The average molecular weight is 546 g/mol. The highest BCUT2D eigenvalue weighted by atomic mass is 35.5. The van der Waals surface area contributed by atoms with E-state index in [-0.39, 0.29) is 23.6 Å². The summed E-state index contributed by atoms with van der Waals surface area (Å²) in [5.74, 6) is 0.955. The van der Waals surface area contributed by atoms with E-state index >= 15 is 0 Å². The van der Waals surface area contributed by atoms with Crippen LogP contribution in [0.25, 0.3) is 5.65 Å². The topological polar surface area (TPSA) is 150 Å². The Bertz CT molecular complexity index is 1510. The Morgan fingerprint density at radius 3 is 2.54 bits per heavy atom. The van der Waals surface area contributed by atoms with Crippen LogP contribution in [0.2, 0.25) is 5.02 Å². The van der Waals surface area contributed by atoms with Gasteiger partial charge in [0.2, 0.25) is 11.9 Å². The first-order valence-electron chi connectivity index (χ1n) is 13.1. The maximum absolute atomic E-state index is 11.9. The lowest BCUT2D eigenvalue weighted by molar-refractivity contribution is -0.126. The number of amides is 1. The average Bonchev–Trinajstić information content (AvgIpc) is 3.56. The van der Waals surface area contributed by atoms with Gasteiger partial charge in [-0.3, -0.25) is 4.79 Å². The number of nitrogens with one attached hydrogen (secondary N) is 3. The van der Waals surface area contributed by atoms with Crippen molar-refractivity contribution in [1.29, 1.82) is 10.5 Å². The van der Waals surface area contributed by atoms with Crippen LogP contribution in [0, 0.1) is 22.7 Å². The zero-order chi connectivity index (χ0) is 27.1. The van der Waals surface area contributed by atoms with Crippen molar-refractivity contribution in [1.82, 2.24) is 29.8 Å². The Balaban J connectivity index is 1.22. The molecule has 3 fully saturated rings. The summed E-state index contributed by atoms with van der Waals surface area (Å²) in [6.07, 6.45) is 5.91. The Hall–Kier alpha value is -4.13. The molecule has 0 radical (unpaired) electrons. The summed E-state index contributed by atoms with van der Waals surface area (Å²) >= 11 is 6.90. The summed E-state index contributed by atoms with van der Waals surface area (Å²) in [5, 5.41) is 34.4. The van der Waals surface area contributed by atoms with Crippen molar-refractivity contribution < 1.29 is 4.79 Å². The minimum Gasteiger partial charge on any atom is -0.370 e. The number of carbonyl (C=O) groups is 1. The third kappa shape index (κ3) is 5.13. The normalized spacial score (nSPS) is 19.8. The number of likely N-dealkylation sites (tertiary alicyclic amines) is 1. The van der Waals surface area contributed by atoms with Gasteiger partial charge in [0.05, 0.1) is 34.2 Å². The fraction of sp³-hybridized carbons (Fsp3) is 0.462. The van der Waals surface area contributed by atoms with Gasteiger partial charge in [-0.2, -0.15) is 20.0 Å². The smallest absolute Gasteiger partial charge is 0.247 e. The van der Waals surface area contributed by atoms with E-state index in [0.29, 0.717) is 46.2 Å². The maximum atomic E-state index is 11.9. The van der Waals surface area contributed by atoms with Crippen molar-refractivity contribution in [2.75, 3.05) is 42.2 Å². The first-order chi connectivity index (χ1) is 18.9. The molecule has 200 valence electrons. The number of fused-ring (bicyclic) bond motifs is 1. The van der Waals surface area contributed by atoms with E-state index in [1.54, 1.807) is 17.0 Å². The summed E-state index contributed by atoms with van der Waals surface area (Å²) in [6, 6.07) is 8.65. The standard InChI is InChI=1S/C26H28ClN11O/c1-36-14-18(10-22(36)39)31-17-4-6-37(7-5-17)21-9-15(11-28)8-20(23(21)27)33-26-34-24(32-16-2-3-16)25-30-13-19(12-29)38(25)35-26/h8-9,13,16-18,31H,2-7,10,14H2,1H3,(H2,32,33,34,35). The second-order valence-corrected chi connectivity index (χ2v) is 10.8. The lowest BCUT2D eigenvalue weighted by atomic mass is 10.0. The Morgan fingerprint density at radius 1 is 1.08 bits per heavy atom.